The number of rotatable bonds is 9. The van der Waals surface area contributed by atoms with Gasteiger partial charge in [0.1, 0.15) is 0 Å². The summed E-state index contributed by atoms with van der Waals surface area (Å²) in [6.45, 7) is 8.25. The molecule has 0 saturated carbocycles. The second-order valence-corrected chi connectivity index (χ2v) is 8.06. The van der Waals surface area contributed by atoms with Crippen LogP contribution in [0, 0.1) is 0 Å². The van der Waals surface area contributed by atoms with Gasteiger partial charge in [-0.25, -0.2) is 0 Å². The second-order valence-electron chi connectivity index (χ2n) is 8.06. The number of aliphatic hydroxyl groups excluding tert-OH is 1. The normalized spacial score (nSPS) is 19.0. The van der Waals surface area contributed by atoms with Gasteiger partial charge in [0.25, 0.3) is 0 Å². The number of hydrogen-bond donors (Lipinski definition) is 1. The fourth-order valence-corrected chi connectivity index (χ4v) is 4.12. The van der Waals surface area contributed by atoms with Crippen molar-refractivity contribution in [1.82, 2.24) is 9.80 Å². The van der Waals surface area contributed by atoms with Gasteiger partial charge >= 0.3 is 0 Å². The zero-order chi connectivity index (χ0) is 20.8. The van der Waals surface area contributed by atoms with Crippen molar-refractivity contribution in [3.8, 4) is 11.5 Å². The molecule has 1 fully saturated rings. The van der Waals surface area contributed by atoms with Gasteiger partial charge in [0.05, 0.1) is 18.8 Å². The average Bonchev–Trinajstić information content (AvgIpc) is 3.24. The highest BCUT2D eigenvalue weighted by Crippen LogP contribution is 2.32. The Hall–Kier alpha value is -2.12. The largest absolute Gasteiger partial charge is 0.454 e. The van der Waals surface area contributed by atoms with Gasteiger partial charge in [0, 0.05) is 39.3 Å². The van der Waals surface area contributed by atoms with Gasteiger partial charge in [0.15, 0.2) is 11.5 Å². The molecule has 1 N–H and O–H groups in total. The van der Waals surface area contributed by atoms with Gasteiger partial charge in [0.2, 0.25) is 6.79 Å². The number of piperazine rings is 1. The summed E-state index contributed by atoms with van der Waals surface area (Å²) in [6, 6.07) is 16.4. The molecule has 2 aliphatic heterocycles. The minimum absolute atomic E-state index is 0.0411. The van der Waals surface area contributed by atoms with Crippen molar-refractivity contribution in [1.29, 1.82) is 0 Å². The molecule has 1 saturated heterocycles. The lowest BCUT2D eigenvalue weighted by Crippen LogP contribution is -2.48. The zero-order valence-electron chi connectivity index (χ0n) is 17.7. The van der Waals surface area contributed by atoms with Crippen LogP contribution in [0.25, 0.3) is 0 Å². The minimum atomic E-state index is -0.469. The lowest BCUT2D eigenvalue weighted by Gasteiger charge is -2.35. The molecule has 6 nitrogen and oxygen atoms in total. The van der Waals surface area contributed by atoms with Gasteiger partial charge in [-0.15, -0.1) is 0 Å². The Balaban J connectivity index is 1.18. The Morgan fingerprint density at radius 1 is 0.967 bits per heavy atom. The monoisotopic (exact) mass is 412 g/mol. The molecular weight excluding hydrogens is 380 g/mol. The molecule has 162 valence electrons. The summed E-state index contributed by atoms with van der Waals surface area (Å²) in [5.41, 5.74) is 2.41. The van der Waals surface area contributed by atoms with Crippen LogP contribution in [0.5, 0.6) is 11.5 Å². The van der Waals surface area contributed by atoms with Crippen molar-refractivity contribution < 1.29 is 19.3 Å². The quantitative estimate of drug-likeness (QED) is 0.683. The smallest absolute Gasteiger partial charge is 0.231 e. The number of fused-ring (bicyclic) bond motifs is 1. The first-order valence-corrected chi connectivity index (χ1v) is 10.9. The third-order valence-corrected chi connectivity index (χ3v) is 5.81. The van der Waals surface area contributed by atoms with Crippen LogP contribution in [-0.4, -0.2) is 67.1 Å². The summed E-state index contributed by atoms with van der Waals surface area (Å²) in [7, 11) is 0. The lowest BCUT2D eigenvalue weighted by molar-refractivity contribution is -0.0284. The Morgan fingerprint density at radius 2 is 1.70 bits per heavy atom. The van der Waals surface area contributed by atoms with E-state index in [-0.39, 0.29) is 6.10 Å². The molecule has 2 heterocycles. The summed E-state index contributed by atoms with van der Waals surface area (Å²) in [6.07, 6.45) is 0.470. The third kappa shape index (κ3) is 5.52. The van der Waals surface area contributed by atoms with E-state index >= 15 is 0 Å². The summed E-state index contributed by atoms with van der Waals surface area (Å²) in [5.74, 6) is 1.67. The van der Waals surface area contributed by atoms with Gasteiger partial charge in [-0.1, -0.05) is 43.3 Å². The number of nitrogens with zero attached hydrogens (tertiary/aromatic N) is 2. The van der Waals surface area contributed by atoms with E-state index in [4.69, 9.17) is 14.2 Å². The highest BCUT2D eigenvalue weighted by Gasteiger charge is 2.21. The van der Waals surface area contributed by atoms with Crippen molar-refractivity contribution in [3.05, 3.63) is 59.7 Å². The first-order valence-electron chi connectivity index (χ1n) is 10.9. The zero-order valence-corrected chi connectivity index (χ0v) is 17.7. The molecule has 0 spiro atoms. The molecule has 0 aromatic heterocycles. The van der Waals surface area contributed by atoms with Crippen molar-refractivity contribution in [3.63, 3.8) is 0 Å². The second kappa shape index (κ2) is 10.3. The molecule has 2 atom stereocenters. The molecular formula is C24H32N2O4. The van der Waals surface area contributed by atoms with Crippen LogP contribution < -0.4 is 9.47 Å². The number of ether oxygens (including phenoxy) is 3. The fraction of sp³-hybridized carbons (Fsp3) is 0.500. The Kier molecular flexibility index (Phi) is 7.23. The predicted molar refractivity (Wildman–Crippen MR) is 116 cm³/mol. The van der Waals surface area contributed by atoms with Crippen molar-refractivity contribution in [2.75, 3.05) is 46.1 Å². The molecule has 2 aromatic rings. The topological polar surface area (TPSA) is 54.4 Å². The average molecular weight is 413 g/mol. The molecule has 0 unspecified atom stereocenters. The maximum Gasteiger partial charge on any atom is 0.231 e. The first kappa shape index (κ1) is 21.1. The standard InChI is InChI=1S/C24H32N2O4/c1-2-22(20-6-4-3-5-7-20)28-17-21(27)16-26-12-10-25(11-13-26)15-19-8-9-23-24(14-19)30-18-29-23/h3-9,14,21-22,27H,2,10-13,15-18H2,1H3/t21-,22+/m0/s1. The van der Waals surface area contributed by atoms with Crippen molar-refractivity contribution >= 4 is 0 Å². The molecule has 4 rings (SSSR count). The van der Waals surface area contributed by atoms with Crippen LogP contribution in [0.2, 0.25) is 0 Å². The predicted octanol–water partition coefficient (Wildman–Crippen LogP) is 3.06. The van der Waals surface area contributed by atoms with Gasteiger partial charge in [-0.2, -0.15) is 0 Å². The molecule has 2 aromatic carbocycles. The molecule has 0 aliphatic carbocycles. The minimum Gasteiger partial charge on any atom is -0.454 e. The lowest BCUT2D eigenvalue weighted by atomic mass is 10.1. The van der Waals surface area contributed by atoms with E-state index in [0.29, 0.717) is 19.9 Å². The summed E-state index contributed by atoms with van der Waals surface area (Å²) < 4.78 is 16.9. The van der Waals surface area contributed by atoms with E-state index < -0.39 is 6.10 Å². The number of β-amino-alcohol motifs (C(OH)–C–C–N with tert-alkyl or cyclic N) is 1. The van der Waals surface area contributed by atoms with E-state index in [1.54, 1.807) is 0 Å². The van der Waals surface area contributed by atoms with Crippen LogP contribution in [0.4, 0.5) is 0 Å². The molecule has 6 heteroatoms. The van der Waals surface area contributed by atoms with Crippen LogP contribution >= 0.6 is 0 Å². The molecule has 2 aliphatic rings. The van der Waals surface area contributed by atoms with E-state index in [1.165, 1.54) is 11.1 Å². The Labute approximate surface area is 179 Å². The fourth-order valence-electron chi connectivity index (χ4n) is 4.12. The van der Waals surface area contributed by atoms with E-state index in [0.717, 1.165) is 50.6 Å². The SMILES string of the molecule is CC[C@@H](OC[C@@H](O)CN1CCN(Cc2ccc3c(c2)OCO3)CC1)c1ccccc1. The highest BCUT2D eigenvalue weighted by atomic mass is 16.7. The van der Waals surface area contributed by atoms with Gasteiger partial charge < -0.3 is 19.3 Å². The summed E-state index contributed by atoms with van der Waals surface area (Å²) in [5, 5.41) is 10.5. The third-order valence-electron chi connectivity index (χ3n) is 5.81. The van der Waals surface area contributed by atoms with Crippen LogP contribution in [0.3, 0.4) is 0 Å². The van der Waals surface area contributed by atoms with Crippen molar-refractivity contribution in [2.24, 2.45) is 0 Å². The Bertz CT molecular complexity index is 793. The van der Waals surface area contributed by atoms with Crippen LogP contribution in [0.1, 0.15) is 30.6 Å². The maximum absolute atomic E-state index is 10.5. The number of hydrogen-bond acceptors (Lipinski definition) is 6. The number of aliphatic hydroxyl groups is 1. The molecule has 0 radical (unpaired) electrons. The molecule has 30 heavy (non-hydrogen) atoms. The van der Waals surface area contributed by atoms with Crippen LogP contribution in [0.15, 0.2) is 48.5 Å². The molecule has 0 bridgehead atoms. The van der Waals surface area contributed by atoms with E-state index in [9.17, 15) is 5.11 Å². The van der Waals surface area contributed by atoms with Crippen molar-refractivity contribution in [2.45, 2.75) is 32.1 Å². The maximum atomic E-state index is 10.5. The molecule has 0 amide bonds. The first-order chi connectivity index (χ1) is 14.7. The van der Waals surface area contributed by atoms with Crippen LogP contribution in [-0.2, 0) is 11.3 Å². The van der Waals surface area contributed by atoms with Gasteiger partial charge in [-0.05, 0) is 29.7 Å². The van der Waals surface area contributed by atoms with Gasteiger partial charge in [-0.3, -0.25) is 9.80 Å². The Morgan fingerprint density at radius 3 is 2.47 bits per heavy atom. The summed E-state index contributed by atoms with van der Waals surface area (Å²) >= 11 is 0. The van der Waals surface area contributed by atoms with E-state index in [2.05, 4.69) is 41.0 Å². The highest BCUT2D eigenvalue weighted by molar-refractivity contribution is 5.44. The summed E-state index contributed by atoms with van der Waals surface area (Å²) in [4.78, 5) is 4.77. The number of benzene rings is 2. The van der Waals surface area contributed by atoms with E-state index in [1.807, 2.05) is 24.3 Å².